The molecule has 0 fully saturated rings. The number of para-hydroxylation sites is 1. The third kappa shape index (κ3) is 2.94. The molecule has 0 heterocycles. The molecule has 0 aliphatic rings. The first kappa shape index (κ1) is 12.3. The monoisotopic (exact) mass is 244 g/mol. The minimum Gasteiger partial charge on any atom is -0.485 e. The molecule has 0 aliphatic heterocycles. The second-order valence-electron chi connectivity index (χ2n) is 3.98. The van der Waals surface area contributed by atoms with Gasteiger partial charge < -0.3 is 4.74 Å². The minimum absolute atomic E-state index is 0.0890. The van der Waals surface area contributed by atoms with E-state index in [0.717, 1.165) is 5.56 Å². The lowest BCUT2D eigenvalue weighted by Crippen LogP contribution is -2.13. The summed E-state index contributed by atoms with van der Waals surface area (Å²) in [5.74, 6) is -0.0144. The largest absolute Gasteiger partial charge is 0.485 e. The third-order valence-corrected chi connectivity index (χ3v) is 2.61. The maximum Gasteiger partial charge on any atom is 0.200 e. The number of halogens is 1. The molecule has 2 aromatic carbocycles. The molecular weight excluding hydrogens is 231 g/mol. The van der Waals surface area contributed by atoms with Gasteiger partial charge in [-0.15, -0.1) is 0 Å². The van der Waals surface area contributed by atoms with Crippen LogP contribution in [0.5, 0.6) is 5.75 Å². The predicted molar refractivity (Wildman–Crippen MR) is 67.4 cm³/mol. The van der Waals surface area contributed by atoms with Crippen LogP contribution in [0.25, 0.3) is 0 Å². The maximum atomic E-state index is 13.1. The van der Waals surface area contributed by atoms with Crippen molar-refractivity contribution in [2.45, 2.75) is 6.92 Å². The first-order valence-electron chi connectivity index (χ1n) is 5.64. The van der Waals surface area contributed by atoms with Crippen LogP contribution >= 0.6 is 0 Å². The molecule has 0 amide bonds. The second kappa shape index (κ2) is 5.45. The molecule has 0 spiro atoms. The van der Waals surface area contributed by atoms with E-state index in [1.165, 1.54) is 12.1 Å². The Morgan fingerprint density at radius 2 is 1.89 bits per heavy atom. The Hall–Kier alpha value is -2.16. The summed E-state index contributed by atoms with van der Waals surface area (Å²) in [6, 6.07) is 13.2. The Bertz CT molecular complexity index is 550. The van der Waals surface area contributed by atoms with Crippen molar-refractivity contribution in [1.82, 2.24) is 0 Å². The zero-order chi connectivity index (χ0) is 13.0. The van der Waals surface area contributed by atoms with Crippen LogP contribution in [0.3, 0.4) is 0 Å². The standard InChI is InChI=1S/C15H13FO2/c1-11-7-8-12(16)9-14(11)15(17)10-18-13-5-3-2-4-6-13/h2-9H,10H2,1H3. The minimum atomic E-state index is -0.413. The fourth-order valence-electron chi connectivity index (χ4n) is 1.64. The van der Waals surface area contributed by atoms with Crippen molar-refractivity contribution in [3.8, 4) is 5.75 Å². The molecule has 0 radical (unpaired) electrons. The predicted octanol–water partition coefficient (Wildman–Crippen LogP) is 3.40. The number of hydrogen-bond donors (Lipinski definition) is 0. The van der Waals surface area contributed by atoms with Gasteiger partial charge in [0, 0.05) is 5.56 Å². The average molecular weight is 244 g/mol. The first-order chi connectivity index (χ1) is 8.66. The Kier molecular flexibility index (Phi) is 3.72. The molecule has 0 saturated heterocycles. The number of benzene rings is 2. The summed E-state index contributed by atoms with van der Waals surface area (Å²) < 4.78 is 18.4. The van der Waals surface area contributed by atoms with Crippen LogP contribution in [0.2, 0.25) is 0 Å². The van der Waals surface area contributed by atoms with Gasteiger partial charge in [-0.05, 0) is 36.8 Å². The van der Waals surface area contributed by atoms with E-state index in [2.05, 4.69) is 0 Å². The van der Waals surface area contributed by atoms with Crippen molar-refractivity contribution in [3.05, 3.63) is 65.5 Å². The number of carbonyl (C=O) groups excluding carboxylic acids is 1. The maximum absolute atomic E-state index is 13.1. The molecule has 0 bridgehead atoms. The Morgan fingerprint density at radius 1 is 1.17 bits per heavy atom. The lowest BCUT2D eigenvalue weighted by atomic mass is 10.1. The number of carbonyl (C=O) groups is 1. The number of Topliss-reactive ketones (excluding diaryl/α,β-unsaturated/α-hetero) is 1. The lowest BCUT2D eigenvalue weighted by Gasteiger charge is -2.07. The quantitative estimate of drug-likeness (QED) is 0.770. The highest BCUT2D eigenvalue weighted by Crippen LogP contribution is 2.13. The van der Waals surface area contributed by atoms with Crippen molar-refractivity contribution in [2.24, 2.45) is 0 Å². The average Bonchev–Trinajstić information content (AvgIpc) is 2.40. The normalized spacial score (nSPS) is 10.1. The molecule has 0 aliphatic carbocycles. The van der Waals surface area contributed by atoms with Crippen molar-refractivity contribution < 1.29 is 13.9 Å². The van der Waals surface area contributed by atoms with Gasteiger partial charge in [-0.25, -0.2) is 4.39 Å². The van der Waals surface area contributed by atoms with Crippen molar-refractivity contribution in [1.29, 1.82) is 0 Å². The molecule has 2 nitrogen and oxygen atoms in total. The van der Waals surface area contributed by atoms with E-state index in [-0.39, 0.29) is 12.4 Å². The van der Waals surface area contributed by atoms with Crippen LogP contribution in [0, 0.1) is 12.7 Å². The van der Waals surface area contributed by atoms with E-state index < -0.39 is 5.82 Å². The topological polar surface area (TPSA) is 26.3 Å². The molecule has 3 heteroatoms. The highest BCUT2D eigenvalue weighted by atomic mass is 19.1. The smallest absolute Gasteiger partial charge is 0.200 e. The summed E-state index contributed by atoms with van der Waals surface area (Å²) in [6.07, 6.45) is 0. The SMILES string of the molecule is Cc1ccc(F)cc1C(=O)COc1ccccc1. The van der Waals surface area contributed by atoms with Crippen molar-refractivity contribution in [3.63, 3.8) is 0 Å². The van der Waals surface area contributed by atoms with Gasteiger partial charge >= 0.3 is 0 Å². The first-order valence-corrected chi connectivity index (χ1v) is 5.64. The summed E-state index contributed by atoms with van der Waals surface area (Å²) in [4.78, 5) is 11.9. The van der Waals surface area contributed by atoms with Gasteiger partial charge in [0.1, 0.15) is 11.6 Å². The molecule has 0 aromatic heterocycles. The molecule has 2 aromatic rings. The van der Waals surface area contributed by atoms with Crippen LogP contribution in [0.4, 0.5) is 4.39 Å². The van der Waals surface area contributed by atoms with Crippen molar-refractivity contribution in [2.75, 3.05) is 6.61 Å². The van der Waals surface area contributed by atoms with Crippen LogP contribution in [-0.2, 0) is 0 Å². The van der Waals surface area contributed by atoms with E-state index in [4.69, 9.17) is 4.74 Å². The molecule has 2 rings (SSSR count). The van der Waals surface area contributed by atoms with Gasteiger partial charge in [-0.3, -0.25) is 4.79 Å². The Morgan fingerprint density at radius 3 is 2.61 bits per heavy atom. The van der Waals surface area contributed by atoms with Gasteiger partial charge in [0.2, 0.25) is 5.78 Å². The van der Waals surface area contributed by atoms with Gasteiger partial charge in [0.05, 0.1) is 0 Å². The summed E-state index contributed by atoms with van der Waals surface area (Å²) in [6.45, 7) is 1.68. The number of hydrogen-bond acceptors (Lipinski definition) is 2. The van der Waals surface area contributed by atoms with E-state index in [1.54, 1.807) is 25.1 Å². The molecule has 18 heavy (non-hydrogen) atoms. The number of ether oxygens (including phenoxy) is 1. The lowest BCUT2D eigenvalue weighted by molar-refractivity contribution is 0.0920. The van der Waals surface area contributed by atoms with E-state index in [1.807, 2.05) is 18.2 Å². The molecule has 0 atom stereocenters. The molecule has 92 valence electrons. The van der Waals surface area contributed by atoms with Crippen LogP contribution in [0.1, 0.15) is 15.9 Å². The number of rotatable bonds is 4. The Balaban J connectivity index is 2.06. The van der Waals surface area contributed by atoms with Gasteiger partial charge in [0.25, 0.3) is 0 Å². The van der Waals surface area contributed by atoms with Crippen LogP contribution in [0.15, 0.2) is 48.5 Å². The zero-order valence-corrected chi connectivity index (χ0v) is 10.0. The molecule has 0 unspecified atom stereocenters. The molecule has 0 N–H and O–H groups in total. The third-order valence-electron chi connectivity index (χ3n) is 2.61. The van der Waals surface area contributed by atoms with Crippen LogP contribution in [-0.4, -0.2) is 12.4 Å². The highest BCUT2D eigenvalue weighted by Gasteiger charge is 2.10. The molecule has 0 saturated carbocycles. The highest BCUT2D eigenvalue weighted by molar-refractivity contribution is 5.98. The summed E-state index contributed by atoms with van der Waals surface area (Å²) in [5.41, 5.74) is 1.11. The van der Waals surface area contributed by atoms with Gasteiger partial charge in [-0.1, -0.05) is 24.3 Å². The fraction of sp³-hybridized carbons (Fsp3) is 0.133. The van der Waals surface area contributed by atoms with E-state index in [9.17, 15) is 9.18 Å². The van der Waals surface area contributed by atoms with Crippen molar-refractivity contribution >= 4 is 5.78 Å². The van der Waals surface area contributed by atoms with E-state index in [0.29, 0.717) is 11.3 Å². The summed E-state index contributed by atoms with van der Waals surface area (Å²) in [7, 11) is 0. The molecular formula is C15H13FO2. The van der Waals surface area contributed by atoms with Gasteiger partial charge in [0.15, 0.2) is 6.61 Å². The summed E-state index contributed by atoms with van der Waals surface area (Å²) in [5, 5.41) is 0. The van der Waals surface area contributed by atoms with Crippen LogP contribution < -0.4 is 4.74 Å². The number of aryl methyl sites for hydroxylation is 1. The fourth-order valence-corrected chi connectivity index (χ4v) is 1.64. The second-order valence-corrected chi connectivity index (χ2v) is 3.98. The zero-order valence-electron chi connectivity index (χ0n) is 10.0. The van der Waals surface area contributed by atoms with Gasteiger partial charge in [-0.2, -0.15) is 0 Å². The van der Waals surface area contributed by atoms with E-state index >= 15 is 0 Å². The summed E-state index contributed by atoms with van der Waals surface area (Å²) >= 11 is 0. The Labute approximate surface area is 105 Å². The number of ketones is 1.